The normalized spacial score (nSPS) is 22.0. The number of hydrogen-bond acceptors (Lipinski definition) is 10. The first kappa shape index (κ1) is 47.8. The third-order valence-corrected chi connectivity index (χ3v) is 13.4. The van der Waals surface area contributed by atoms with Crippen LogP contribution in [0.4, 0.5) is 15.3 Å². The van der Waals surface area contributed by atoms with Gasteiger partial charge in [-0.2, -0.15) is 0 Å². The van der Waals surface area contributed by atoms with Gasteiger partial charge in [0.2, 0.25) is 11.8 Å². The van der Waals surface area contributed by atoms with E-state index in [9.17, 15) is 15.0 Å². The van der Waals surface area contributed by atoms with Gasteiger partial charge in [-0.25, -0.2) is 14.5 Å². The molecule has 6 amide bonds. The minimum absolute atomic E-state index is 0.0582. The number of aliphatic hydroxyl groups excluding tert-OH is 2. The van der Waals surface area contributed by atoms with Gasteiger partial charge in [-0.05, 0) is 70.6 Å². The van der Waals surface area contributed by atoms with Crippen LogP contribution in [-0.4, -0.2) is 77.3 Å². The zero-order valence-corrected chi connectivity index (χ0v) is 38.7. The van der Waals surface area contributed by atoms with Gasteiger partial charge in [0.1, 0.15) is 29.9 Å². The number of cyclic esters (lactones) is 1. The Morgan fingerprint density at radius 2 is 1.41 bits per heavy atom. The molecule has 15 heteroatoms. The van der Waals surface area contributed by atoms with Gasteiger partial charge in [0.15, 0.2) is 0 Å². The number of nitrogens with two attached hydrogens (primary N) is 1. The molecule has 7 N–H and O–H groups in total. The number of carbonyl (C=O) groups excluding carboxylic acids is 5. The van der Waals surface area contributed by atoms with E-state index in [1.807, 2.05) is 95.9 Å². The number of nitrogens with zero attached hydrogens (tertiary/aromatic N) is 2. The zero-order chi connectivity index (χ0) is 49.6. The third kappa shape index (κ3) is 9.19. The predicted molar refractivity (Wildman–Crippen MR) is 263 cm³/mol. The predicted octanol–water partition coefficient (Wildman–Crippen LogP) is 6.06. The van der Waals surface area contributed by atoms with Crippen molar-refractivity contribution in [2.24, 2.45) is 11.7 Å². The molecule has 8 atom stereocenters. The van der Waals surface area contributed by atoms with Gasteiger partial charge >= 0.3 is 18.0 Å². The van der Waals surface area contributed by atoms with Crippen molar-refractivity contribution < 1.29 is 43.7 Å². The average molecular weight is 953 g/mol. The number of morpholine rings is 1. The molecule has 15 nitrogen and oxygen atoms in total. The van der Waals surface area contributed by atoms with Gasteiger partial charge in [-0.1, -0.05) is 145 Å². The number of imide groups is 1. The molecule has 360 valence electrons. The highest BCUT2D eigenvalue weighted by molar-refractivity contribution is 6.24. The summed E-state index contributed by atoms with van der Waals surface area (Å²) < 4.78 is 12.6. The van der Waals surface area contributed by atoms with Crippen LogP contribution < -0.4 is 31.3 Å². The molecule has 0 radical (unpaired) electrons. The molecule has 0 aromatic heterocycles. The van der Waals surface area contributed by atoms with Crippen LogP contribution in [0.3, 0.4) is 0 Å². The maximum absolute atomic E-state index is 16.6. The maximum Gasteiger partial charge on any atom is 0.329 e. The Bertz CT molecular complexity index is 2990. The van der Waals surface area contributed by atoms with Crippen LogP contribution in [-0.2, 0) is 24.5 Å². The fourth-order valence-electron chi connectivity index (χ4n) is 10.4. The second-order valence-electron chi connectivity index (χ2n) is 17.6. The largest absolute Gasteiger partial charge is 0.491 e. The van der Waals surface area contributed by atoms with Crippen molar-refractivity contribution in [2.45, 2.75) is 48.7 Å². The average Bonchev–Trinajstić information content (AvgIpc) is 3.86. The molecule has 6 aromatic carbocycles. The van der Waals surface area contributed by atoms with E-state index in [2.05, 4.69) is 27.8 Å². The van der Waals surface area contributed by atoms with Crippen molar-refractivity contribution in [2.75, 3.05) is 31.2 Å². The lowest BCUT2D eigenvalue weighted by Crippen LogP contribution is -2.56. The van der Waals surface area contributed by atoms with Crippen molar-refractivity contribution in [1.29, 1.82) is 0 Å². The summed E-state index contributed by atoms with van der Waals surface area (Å²) in [5.41, 5.74) is 6.96. The topological polar surface area (TPSA) is 213 Å². The minimum atomic E-state index is -2.15. The molecule has 6 aromatic rings. The number of carbonyl (C=O) groups is 5. The van der Waals surface area contributed by atoms with E-state index in [0.717, 1.165) is 10.5 Å². The van der Waals surface area contributed by atoms with Crippen molar-refractivity contribution in [1.82, 2.24) is 20.9 Å². The van der Waals surface area contributed by atoms with Crippen LogP contribution in [0.15, 0.2) is 164 Å². The summed E-state index contributed by atoms with van der Waals surface area (Å²) in [5, 5.41) is 29.7. The van der Waals surface area contributed by atoms with Crippen molar-refractivity contribution in [3.05, 3.63) is 203 Å². The molecular formula is C56H52N6O9. The second-order valence-corrected chi connectivity index (χ2v) is 17.6. The van der Waals surface area contributed by atoms with Crippen LogP contribution in [0.2, 0.25) is 0 Å². The first-order chi connectivity index (χ1) is 34.5. The number of primary amides is 1. The van der Waals surface area contributed by atoms with Crippen molar-refractivity contribution in [3.63, 3.8) is 0 Å². The quantitative estimate of drug-likeness (QED) is 0.0582. The van der Waals surface area contributed by atoms with E-state index in [4.69, 9.17) is 15.2 Å². The van der Waals surface area contributed by atoms with Crippen LogP contribution in [0.25, 0.3) is 0 Å². The number of anilines is 1. The fraction of sp³-hybridized carbons (Fsp3) is 0.232. The lowest BCUT2D eigenvalue weighted by Gasteiger charge is -2.46. The molecule has 8 unspecified atom stereocenters. The first-order valence-electron chi connectivity index (χ1n) is 23.3. The Labute approximate surface area is 410 Å². The Morgan fingerprint density at radius 1 is 0.775 bits per heavy atom. The number of esters is 1. The second kappa shape index (κ2) is 20.7. The van der Waals surface area contributed by atoms with E-state index < -0.39 is 77.6 Å². The van der Waals surface area contributed by atoms with Crippen LogP contribution >= 0.6 is 0 Å². The van der Waals surface area contributed by atoms with Gasteiger partial charge in [0, 0.05) is 12.1 Å². The highest BCUT2D eigenvalue weighted by Crippen LogP contribution is 2.66. The molecule has 0 saturated carbocycles. The molecule has 2 fully saturated rings. The van der Waals surface area contributed by atoms with E-state index in [1.165, 1.54) is 0 Å². The number of fused-ring (bicyclic) bond motifs is 3. The van der Waals surface area contributed by atoms with Gasteiger partial charge in [-0.15, -0.1) is 0 Å². The SMILES string of the molecule is CC(NC(=O)N1C(=O)C2(c3cc(C#CCNC(N)=O)ccc31)C(C(=O)NCC(O)c1ccccc1)C1C(=O)OC(c3ccccc3)C(c3ccccc3)N1C2c1cccc(OCCO)c1)c1ccccc1. The number of benzene rings is 6. The molecular weight excluding hydrogens is 901 g/mol. The van der Waals surface area contributed by atoms with E-state index in [0.29, 0.717) is 33.6 Å². The highest BCUT2D eigenvalue weighted by atomic mass is 16.6. The molecule has 71 heavy (non-hydrogen) atoms. The molecule has 3 heterocycles. The number of rotatable bonds is 13. The Hall–Kier alpha value is -8.29. The lowest BCUT2D eigenvalue weighted by molar-refractivity contribution is -0.178. The summed E-state index contributed by atoms with van der Waals surface area (Å²) in [6.07, 6.45) is -2.17. The molecule has 3 aliphatic rings. The molecule has 3 aliphatic heterocycles. The summed E-state index contributed by atoms with van der Waals surface area (Å²) in [4.78, 5) is 77.5. The van der Waals surface area contributed by atoms with Gasteiger partial charge in [0.05, 0.1) is 49.0 Å². The third-order valence-electron chi connectivity index (χ3n) is 13.4. The summed E-state index contributed by atoms with van der Waals surface area (Å²) in [6, 6.07) is 42.6. The van der Waals surface area contributed by atoms with Crippen molar-refractivity contribution in [3.8, 4) is 17.6 Å². The van der Waals surface area contributed by atoms with E-state index in [-0.39, 0.29) is 37.6 Å². The number of nitrogens with one attached hydrogen (secondary N) is 3. The minimum Gasteiger partial charge on any atom is -0.491 e. The van der Waals surface area contributed by atoms with Gasteiger partial charge < -0.3 is 41.4 Å². The molecule has 2 saturated heterocycles. The van der Waals surface area contributed by atoms with E-state index >= 15 is 19.2 Å². The first-order valence-corrected chi connectivity index (χ1v) is 23.3. The summed E-state index contributed by atoms with van der Waals surface area (Å²) >= 11 is 0. The zero-order valence-electron chi connectivity index (χ0n) is 38.7. The Morgan fingerprint density at radius 3 is 2.07 bits per heavy atom. The Balaban J connectivity index is 1.32. The van der Waals surface area contributed by atoms with E-state index in [1.54, 1.807) is 79.7 Å². The fourth-order valence-corrected chi connectivity index (χ4v) is 10.4. The Kier molecular flexibility index (Phi) is 14.0. The summed E-state index contributed by atoms with van der Waals surface area (Å²) in [6.45, 7) is 1.02. The smallest absolute Gasteiger partial charge is 0.329 e. The highest BCUT2D eigenvalue weighted by Gasteiger charge is 2.75. The molecule has 0 aliphatic carbocycles. The lowest BCUT2D eigenvalue weighted by atomic mass is 9.65. The summed E-state index contributed by atoms with van der Waals surface area (Å²) in [7, 11) is 0. The number of aliphatic hydroxyl groups is 2. The standard InChI is InChI=1S/C56H52N6O9/c1-35(37-17-6-2-7-18-37)60-55(69)61-44-28-27-36(16-15-29-58-54(57)68)32-43(44)56(53(61)67)46(51(65)59-34-45(64)38-19-8-3-9-20-38)48-52(66)71-49(40-23-12-5-13-24-40)47(39-21-10-4-11-22-39)62(48)50(56)41-25-14-26-42(33-41)70-31-30-63/h2-14,17-28,32-33,35,45-50,63-64H,29-31,34H2,1H3,(H,59,65)(H,60,69)(H3,57,58,68). The van der Waals surface area contributed by atoms with Crippen LogP contribution in [0, 0.1) is 17.8 Å². The van der Waals surface area contributed by atoms with Gasteiger partial charge in [-0.3, -0.25) is 19.3 Å². The number of ether oxygens (including phenoxy) is 2. The maximum atomic E-state index is 16.6. The monoisotopic (exact) mass is 952 g/mol. The summed E-state index contributed by atoms with van der Waals surface area (Å²) in [5.74, 6) is 2.22. The molecule has 9 rings (SSSR count). The molecule has 1 spiro atoms. The van der Waals surface area contributed by atoms with Crippen molar-refractivity contribution >= 4 is 35.5 Å². The number of amides is 6. The van der Waals surface area contributed by atoms with Gasteiger partial charge in [0.25, 0.3) is 0 Å². The van der Waals surface area contributed by atoms with Crippen LogP contribution in [0.5, 0.6) is 5.75 Å². The number of urea groups is 2. The molecule has 0 bridgehead atoms. The number of hydrogen-bond donors (Lipinski definition) is 6. The van der Waals surface area contributed by atoms with Crippen LogP contribution in [0.1, 0.15) is 76.2 Å².